The Kier molecular flexibility index (Phi) is 4.62. The van der Waals surface area contributed by atoms with Gasteiger partial charge in [-0.3, -0.25) is 14.9 Å². The van der Waals surface area contributed by atoms with E-state index in [2.05, 4.69) is 24.5 Å². The lowest BCUT2D eigenvalue weighted by Crippen LogP contribution is -2.61. The number of amides is 2. The zero-order valence-corrected chi connectivity index (χ0v) is 16.0. The molecule has 3 rings (SSSR count). The molecule has 0 aromatic carbocycles. The Morgan fingerprint density at radius 3 is 2.08 bits per heavy atom. The van der Waals surface area contributed by atoms with Crippen molar-refractivity contribution in [2.75, 3.05) is 13.1 Å². The van der Waals surface area contributed by atoms with Gasteiger partial charge in [0.15, 0.2) is 0 Å². The highest BCUT2D eigenvalue weighted by molar-refractivity contribution is 5.91. The second kappa shape index (κ2) is 6.15. The zero-order chi connectivity index (χ0) is 19.5. The zero-order valence-electron chi connectivity index (χ0n) is 16.0. The Morgan fingerprint density at radius 1 is 1.08 bits per heavy atom. The van der Waals surface area contributed by atoms with Gasteiger partial charge in [0.25, 0.3) is 0 Å². The highest BCUT2D eigenvalue weighted by Crippen LogP contribution is 2.52. The third-order valence-corrected chi connectivity index (χ3v) is 7.15. The number of nitrogens with two attached hydrogens (primary N) is 4. The Labute approximate surface area is 155 Å². The molecule has 7 atom stereocenters. The summed E-state index contributed by atoms with van der Waals surface area (Å²) >= 11 is 0. The Morgan fingerprint density at radius 2 is 1.69 bits per heavy atom. The van der Waals surface area contributed by atoms with Crippen molar-refractivity contribution in [3.8, 4) is 0 Å². The Bertz CT molecular complexity index is 612. The summed E-state index contributed by atoms with van der Waals surface area (Å²) in [5.41, 5.74) is 21.5. The molecule has 3 aliphatic rings. The highest BCUT2D eigenvalue weighted by Gasteiger charge is 2.66. The molecule has 3 fully saturated rings. The van der Waals surface area contributed by atoms with Crippen molar-refractivity contribution in [3.63, 3.8) is 0 Å². The predicted octanol–water partition coefficient (Wildman–Crippen LogP) is -1.63. The summed E-state index contributed by atoms with van der Waals surface area (Å²) in [6.45, 7) is 7.03. The molecule has 148 valence electrons. The van der Waals surface area contributed by atoms with E-state index in [4.69, 9.17) is 22.9 Å². The number of carbonyl (C=O) groups is 2. The molecule has 2 amide bonds. The highest BCUT2D eigenvalue weighted by atomic mass is 16.2. The largest absolute Gasteiger partial charge is 0.368 e. The molecule has 0 heterocycles. The summed E-state index contributed by atoms with van der Waals surface area (Å²) in [5, 5.41) is 6.57. The van der Waals surface area contributed by atoms with Crippen molar-refractivity contribution in [3.05, 3.63) is 0 Å². The first kappa shape index (κ1) is 19.5. The molecule has 8 nitrogen and oxygen atoms in total. The lowest BCUT2D eigenvalue weighted by molar-refractivity contribution is -0.125. The molecule has 0 spiro atoms. The minimum Gasteiger partial charge on any atom is -0.368 e. The van der Waals surface area contributed by atoms with Crippen LogP contribution >= 0.6 is 0 Å². The molecule has 3 aliphatic carbocycles. The van der Waals surface area contributed by atoms with E-state index < -0.39 is 16.6 Å². The van der Waals surface area contributed by atoms with Gasteiger partial charge in [0, 0.05) is 12.0 Å². The maximum atomic E-state index is 12.9. The van der Waals surface area contributed by atoms with Crippen LogP contribution in [0.2, 0.25) is 0 Å². The van der Waals surface area contributed by atoms with E-state index >= 15 is 0 Å². The lowest BCUT2D eigenvalue weighted by atomic mass is 9.99. The van der Waals surface area contributed by atoms with Crippen molar-refractivity contribution in [2.24, 2.45) is 46.6 Å². The predicted molar refractivity (Wildman–Crippen MR) is 99.6 cm³/mol. The van der Waals surface area contributed by atoms with Crippen molar-refractivity contribution in [1.29, 1.82) is 0 Å². The van der Waals surface area contributed by atoms with Crippen LogP contribution in [-0.4, -0.2) is 47.6 Å². The first-order valence-electron chi connectivity index (χ1n) is 9.66. The Balaban J connectivity index is 1.71. The first-order chi connectivity index (χ1) is 12.1. The van der Waals surface area contributed by atoms with Gasteiger partial charge in [0.1, 0.15) is 5.54 Å². The number of hydrogen-bond donors (Lipinski definition) is 6. The average Bonchev–Trinajstić information content (AvgIpc) is 3.45. The van der Waals surface area contributed by atoms with Gasteiger partial charge in [-0.05, 0) is 57.0 Å². The SMILES string of the molecule is CC(C)[C@@H]1CC1(N)C(=O)N[C@]1(C(C)NC2(C(N)=O)CC2CN)C[C@@H]1CN. The fourth-order valence-electron chi connectivity index (χ4n) is 4.84. The quantitative estimate of drug-likeness (QED) is 0.287. The van der Waals surface area contributed by atoms with Gasteiger partial charge in [-0.15, -0.1) is 0 Å². The maximum absolute atomic E-state index is 12.9. The van der Waals surface area contributed by atoms with Crippen LogP contribution < -0.4 is 33.6 Å². The molecule has 0 radical (unpaired) electrons. The van der Waals surface area contributed by atoms with Crippen LogP contribution in [0.25, 0.3) is 0 Å². The van der Waals surface area contributed by atoms with E-state index in [1.165, 1.54) is 0 Å². The van der Waals surface area contributed by atoms with Gasteiger partial charge in [-0.1, -0.05) is 13.8 Å². The molecule has 0 aromatic heterocycles. The van der Waals surface area contributed by atoms with Crippen LogP contribution in [-0.2, 0) is 9.59 Å². The molecule has 8 heteroatoms. The van der Waals surface area contributed by atoms with E-state index in [-0.39, 0.29) is 35.6 Å². The van der Waals surface area contributed by atoms with Crippen LogP contribution in [0.4, 0.5) is 0 Å². The van der Waals surface area contributed by atoms with Gasteiger partial charge in [0.2, 0.25) is 11.8 Å². The third kappa shape index (κ3) is 2.83. The van der Waals surface area contributed by atoms with E-state index in [0.717, 1.165) is 6.42 Å². The topological polar surface area (TPSA) is 162 Å². The minimum absolute atomic E-state index is 0.0416. The molecule has 0 aromatic rings. The lowest BCUT2D eigenvalue weighted by Gasteiger charge is -2.32. The monoisotopic (exact) mass is 366 g/mol. The van der Waals surface area contributed by atoms with Crippen LogP contribution in [0.3, 0.4) is 0 Å². The van der Waals surface area contributed by atoms with Crippen molar-refractivity contribution in [2.45, 2.75) is 62.7 Å². The third-order valence-electron chi connectivity index (χ3n) is 7.15. The summed E-state index contributed by atoms with van der Waals surface area (Å²) < 4.78 is 0. The van der Waals surface area contributed by atoms with Gasteiger partial charge in [0.05, 0.1) is 11.1 Å². The Hall–Kier alpha value is -1.22. The molecule has 3 saturated carbocycles. The van der Waals surface area contributed by atoms with Gasteiger partial charge in [-0.25, -0.2) is 0 Å². The molecular weight excluding hydrogens is 332 g/mol. The average molecular weight is 367 g/mol. The summed E-state index contributed by atoms with van der Waals surface area (Å²) in [7, 11) is 0. The van der Waals surface area contributed by atoms with Crippen molar-refractivity contribution < 1.29 is 9.59 Å². The second-order valence-electron chi connectivity index (χ2n) is 9.06. The van der Waals surface area contributed by atoms with E-state index in [0.29, 0.717) is 31.8 Å². The fraction of sp³-hybridized carbons (Fsp3) is 0.889. The van der Waals surface area contributed by atoms with Gasteiger partial charge >= 0.3 is 0 Å². The fourth-order valence-corrected chi connectivity index (χ4v) is 4.84. The van der Waals surface area contributed by atoms with E-state index in [9.17, 15) is 9.59 Å². The van der Waals surface area contributed by atoms with Crippen LogP contribution in [0, 0.1) is 23.7 Å². The van der Waals surface area contributed by atoms with Crippen LogP contribution in [0.1, 0.15) is 40.0 Å². The van der Waals surface area contributed by atoms with Gasteiger partial charge < -0.3 is 28.3 Å². The molecular formula is C18H34N6O2. The van der Waals surface area contributed by atoms with E-state index in [1.54, 1.807) is 0 Å². The molecule has 0 saturated heterocycles. The molecule has 0 bridgehead atoms. The van der Waals surface area contributed by atoms with E-state index in [1.807, 2.05) is 6.92 Å². The molecule has 4 unspecified atom stereocenters. The molecule has 26 heavy (non-hydrogen) atoms. The summed E-state index contributed by atoms with van der Waals surface area (Å²) in [5.74, 6) is 0.286. The smallest absolute Gasteiger partial charge is 0.240 e. The number of primary amides is 1. The maximum Gasteiger partial charge on any atom is 0.240 e. The standard InChI is InChI=1S/C18H34N6O2/c1-9(2)13-6-16(13,22)15(26)24-17(4-11(17)7-19)10(3)23-18(14(21)25)5-12(18)8-20/h9-13,23H,4-8,19-20,22H2,1-3H3,(H2,21,25)(H,24,26)/t10?,11-,12?,13+,16?,17+,18?/m1/s1. The van der Waals surface area contributed by atoms with Crippen molar-refractivity contribution in [1.82, 2.24) is 10.6 Å². The number of rotatable bonds is 9. The summed E-state index contributed by atoms with van der Waals surface area (Å²) in [6.07, 6.45) is 2.12. The first-order valence-corrected chi connectivity index (χ1v) is 9.66. The number of nitrogens with one attached hydrogen (secondary N) is 2. The molecule has 10 N–H and O–H groups in total. The van der Waals surface area contributed by atoms with Crippen LogP contribution in [0.15, 0.2) is 0 Å². The number of carbonyl (C=O) groups excluding carboxylic acids is 2. The van der Waals surface area contributed by atoms with Crippen molar-refractivity contribution >= 4 is 11.8 Å². The summed E-state index contributed by atoms with van der Waals surface area (Å²) in [6, 6.07) is -0.149. The summed E-state index contributed by atoms with van der Waals surface area (Å²) in [4.78, 5) is 24.9. The molecule has 0 aliphatic heterocycles. The number of hydrogen-bond acceptors (Lipinski definition) is 6. The second-order valence-corrected chi connectivity index (χ2v) is 9.06. The van der Waals surface area contributed by atoms with Gasteiger partial charge in [-0.2, -0.15) is 0 Å². The minimum atomic E-state index is -0.788. The van der Waals surface area contributed by atoms with Crippen LogP contribution in [0.5, 0.6) is 0 Å². The normalized spacial score (nSPS) is 44.5.